The van der Waals surface area contributed by atoms with Gasteiger partial charge in [-0.1, -0.05) is 17.7 Å². The van der Waals surface area contributed by atoms with E-state index < -0.39 is 0 Å². The number of nitrogens with zero attached hydrogens (tertiary/aromatic N) is 1. The molecule has 0 saturated heterocycles. The highest BCUT2D eigenvalue weighted by Crippen LogP contribution is 2.55. The molecule has 3 aromatic rings. The highest BCUT2D eigenvalue weighted by Gasteiger charge is 2.49. The number of hydrogen-bond donors (Lipinski definition) is 1. The number of aryl methyl sites for hydroxylation is 1. The molecule has 30 heavy (non-hydrogen) atoms. The molecule has 154 valence electrons. The highest BCUT2D eigenvalue weighted by molar-refractivity contribution is 5.94. The zero-order chi connectivity index (χ0) is 20.7. The molecule has 0 radical (unpaired) electrons. The van der Waals surface area contributed by atoms with Crippen LogP contribution in [0.1, 0.15) is 65.9 Å². The summed E-state index contributed by atoms with van der Waals surface area (Å²) in [5.41, 5.74) is 4.20. The molecule has 1 unspecified atom stereocenters. The minimum absolute atomic E-state index is 0.0387. The lowest BCUT2D eigenvalue weighted by molar-refractivity contribution is 0.0173. The third-order valence-electron chi connectivity index (χ3n) is 7.45. The Balaban J connectivity index is 1.28. The first-order chi connectivity index (χ1) is 14.5. The van der Waals surface area contributed by atoms with Crippen LogP contribution in [-0.2, 0) is 0 Å². The van der Waals surface area contributed by atoms with Gasteiger partial charge in [0.15, 0.2) is 0 Å². The molecular weight excluding hydrogens is 375 g/mol. The van der Waals surface area contributed by atoms with E-state index in [1.807, 2.05) is 37.4 Å². The van der Waals surface area contributed by atoms with E-state index >= 15 is 0 Å². The molecule has 3 nitrogen and oxygen atoms in total. The fourth-order valence-electron chi connectivity index (χ4n) is 5.47. The molecule has 0 aliphatic heterocycles. The normalized spacial score (nSPS) is 25.8. The summed E-state index contributed by atoms with van der Waals surface area (Å²) in [6.07, 6.45) is 8.45. The number of nitrogens with one attached hydrogen (secondary N) is 1. The minimum Gasteiger partial charge on any atom is -0.349 e. The van der Waals surface area contributed by atoms with Crippen LogP contribution < -0.4 is 5.32 Å². The first-order valence-corrected chi connectivity index (χ1v) is 11.0. The van der Waals surface area contributed by atoms with Crippen LogP contribution in [0.5, 0.6) is 0 Å². The standard InChI is InChI=1S/C26H27FN2O/c1-17-2-4-19(5-3-17)25(30)29-24-10-14-26(24)12-8-18(9-13-26)21-11-15-28-23-7-6-20(27)16-22(21)23/h2-7,11,15-16,18,24H,8-10,12-14H2,1H3,(H,29,30). The molecular formula is C26H27FN2O. The predicted molar refractivity (Wildman–Crippen MR) is 117 cm³/mol. The fourth-order valence-corrected chi connectivity index (χ4v) is 5.47. The highest BCUT2D eigenvalue weighted by atomic mass is 19.1. The summed E-state index contributed by atoms with van der Waals surface area (Å²) in [5, 5.41) is 4.25. The molecule has 1 N–H and O–H groups in total. The summed E-state index contributed by atoms with van der Waals surface area (Å²) in [7, 11) is 0. The molecule has 1 atom stereocenters. The van der Waals surface area contributed by atoms with Gasteiger partial charge in [0, 0.05) is 23.2 Å². The van der Waals surface area contributed by atoms with Gasteiger partial charge in [-0.15, -0.1) is 0 Å². The van der Waals surface area contributed by atoms with Crippen LogP contribution in [0.2, 0.25) is 0 Å². The number of rotatable bonds is 3. The van der Waals surface area contributed by atoms with E-state index in [9.17, 15) is 9.18 Å². The lowest BCUT2D eigenvalue weighted by atomic mass is 9.55. The molecule has 5 rings (SSSR count). The van der Waals surface area contributed by atoms with Crippen molar-refractivity contribution in [3.8, 4) is 0 Å². The van der Waals surface area contributed by atoms with Crippen molar-refractivity contribution < 1.29 is 9.18 Å². The Morgan fingerprint density at radius 3 is 2.47 bits per heavy atom. The zero-order valence-corrected chi connectivity index (χ0v) is 17.3. The smallest absolute Gasteiger partial charge is 0.251 e. The van der Waals surface area contributed by atoms with Crippen LogP contribution in [0.15, 0.2) is 54.7 Å². The average molecular weight is 403 g/mol. The number of carbonyl (C=O) groups is 1. The van der Waals surface area contributed by atoms with Gasteiger partial charge in [0.25, 0.3) is 5.91 Å². The number of pyridine rings is 1. The van der Waals surface area contributed by atoms with Crippen molar-refractivity contribution >= 4 is 16.8 Å². The summed E-state index contributed by atoms with van der Waals surface area (Å²) >= 11 is 0. The van der Waals surface area contributed by atoms with E-state index in [0.29, 0.717) is 5.92 Å². The Bertz CT molecular complexity index is 1080. The second-order valence-electron chi connectivity index (χ2n) is 9.13. The zero-order valence-electron chi connectivity index (χ0n) is 17.3. The molecule has 2 fully saturated rings. The second kappa shape index (κ2) is 7.50. The lowest BCUT2D eigenvalue weighted by Gasteiger charge is -2.53. The van der Waals surface area contributed by atoms with Crippen molar-refractivity contribution in [1.29, 1.82) is 0 Å². The molecule has 1 amide bonds. The fraction of sp³-hybridized carbons (Fsp3) is 0.385. The van der Waals surface area contributed by atoms with E-state index in [-0.39, 0.29) is 23.2 Å². The summed E-state index contributed by atoms with van der Waals surface area (Å²) in [6.45, 7) is 2.03. The van der Waals surface area contributed by atoms with Gasteiger partial charge in [0.05, 0.1) is 5.52 Å². The van der Waals surface area contributed by atoms with Gasteiger partial charge >= 0.3 is 0 Å². The second-order valence-corrected chi connectivity index (χ2v) is 9.13. The van der Waals surface area contributed by atoms with E-state index in [4.69, 9.17) is 0 Å². The number of carbonyl (C=O) groups excluding carboxylic acids is 1. The Morgan fingerprint density at radius 2 is 1.77 bits per heavy atom. The third-order valence-corrected chi connectivity index (χ3v) is 7.45. The monoisotopic (exact) mass is 402 g/mol. The molecule has 2 aliphatic carbocycles. The summed E-state index contributed by atoms with van der Waals surface area (Å²) < 4.78 is 13.8. The van der Waals surface area contributed by atoms with Crippen LogP contribution in [-0.4, -0.2) is 16.9 Å². The SMILES string of the molecule is Cc1ccc(C(=O)NC2CCC23CCC(c2ccnc4ccc(F)cc24)CC3)cc1. The predicted octanol–water partition coefficient (Wildman–Crippen LogP) is 5.92. The number of fused-ring (bicyclic) bond motifs is 1. The molecule has 0 bridgehead atoms. The number of aromatic nitrogens is 1. The first-order valence-electron chi connectivity index (χ1n) is 11.0. The van der Waals surface area contributed by atoms with Gasteiger partial charge in [-0.3, -0.25) is 9.78 Å². The van der Waals surface area contributed by atoms with Crippen molar-refractivity contribution in [2.24, 2.45) is 5.41 Å². The molecule has 2 saturated carbocycles. The van der Waals surface area contributed by atoms with E-state index in [2.05, 4.69) is 16.4 Å². The summed E-state index contributed by atoms with van der Waals surface area (Å²) in [6, 6.07) is 15.0. The molecule has 2 aromatic carbocycles. The van der Waals surface area contributed by atoms with E-state index in [1.165, 1.54) is 18.1 Å². The van der Waals surface area contributed by atoms with Crippen LogP contribution in [0, 0.1) is 18.2 Å². The molecule has 4 heteroatoms. The topological polar surface area (TPSA) is 42.0 Å². The van der Waals surface area contributed by atoms with Crippen molar-refractivity contribution in [3.63, 3.8) is 0 Å². The Labute approximate surface area is 176 Å². The number of benzene rings is 2. The van der Waals surface area contributed by atoms with Crippen LogP contribution in [0.25, 0.3) is 10.9 Å². The largest absolute Gasteiger partial charge is 0.349 e. The van der Waals surface area contributed by atoms with Crippen LogP contribution in [0.4, 0.5) is 4.39 Å². The van der Waals surface area contributed by atoms with E-state index in [1.54, 1.807) is 12.1 Å². The molecule has 2 aliphatic rings. The van der Waals surface area contributed by atoms with Gasteiger partial charge < -0.3 is 5.32 Å². The van der Waals surface area contributed by atoms with Gasteiger partial charge in [0.2, 0.25) is 0 Å². The Kier molecular flexibility index (Phi) is 4.80. The number of amides is 1. The third kappa shape index (κ3) is 3.38. The van der Waals surface area contributed by atoms with Gasteiger partial charge in [0.1, 0.15) is 5.82 Å². The lowest BCUT2D eigenvalue weighted by Crippen LogP contribution is -2.56. The summed E-state index contributed by atoms with van der Waals surface area (Å²) in [5.74, 6) is 0.260. The van der Waals surface area contributed by atoms with Crippen molar-refractivity contribution in [2.75, 3.05) is 0 Å². The molecule has 1 aromatic heterocycles. The van der Waals surface area contributed by atoms with Gasteiger partial charge in [-0.25, -0.2) is 4.39 Å². The van der Waals surface area contributed by atoms with Crippen LogP contribution in [0.3, 0.4) is 0 Å². The van der Waals surface area contributed by atoms with Crippen molar-refractivity contribution in [3.05, 3.63) is 77.2 Å². The maximum atomic E-state index is 13.8. The molecule has 1 spiro atoms. The maximum Gasteiger partial charge on any atom is 0.251 e. The Morgan fingerprint density at radius 1 is 1.03 bits per heavy atom. The van der Waals surface area contributed by atoms with Crippen molar-refractivity contribution in [1.82, 2.24) is 10.3 Å². The number of halogens is 1. The van der Waals surface area contributed by atoms with Crippen LogP contribution >= 0.6 is 0 Å². The minimum atomic E-state index is -0.207. The number of hydrogen-bond acceptors (Lipinski definition) is 2. The van der Waals surface area contributed by atoms with Crippen molar-refractivity contribution in [2.45, 2.75) is 57.4 Å². The maximum absolute atomic E-state index is 13.8. The van der Waals surface area contributed by atoms with E-state index in [0.717, 1.165) is 54.1 Å². The quantitative estimate of drug-likeness (QED) is 0.591. The first kappa shape index (κ1) is 19.2. The van der Waals surface area contributed by atoms with Gasteiger partial charge in [-0.05, 0) is 98.7 Å². The Hall–Kier alpha value is -2.75. The average Bonchev–Trinajstić information content (AvgIpc) is 2.77. The van der Waals surface area contributed by atoms with Gasteiger partial charge in [-0.2, -0.15) is 0 Å². The summed E-state index contributed by atoms with van der Waals surface area (Å²) in [4.78, 5) is 17.1. The molecule has 1 heterocycles.